The van der Waals surface area contributed by atoms with Crippen molar-refractivity contribution in [2.75, 3.05) is 5.32 Å². The van der Waals surface area contributed by atoms with Crippen LogP contribution in [0.4, 0.5) is 5.69 Å². The molecule has 0 radical (unpaired) electrons. The Morgan fingerprint density at radius 2 is 1.79 bits per heavy atom. The van der Waals surface area contributed by atoms with E-state index in [0.717, 1.165) is 12.1 Å². The molecule has 0 unspecified atom stereocenters. The molecule has 0 bridgehead atoms. The first-order valence-corrected chi connectivity index (χ1v) is 8.13. The zero-order valence-corrected chi connectivity index (χ0v) is 14.8. The number of benzene rings is 1. The number of aromatic nitrogens is 1. The van der Waals surface area contributed by atoms with Crippen molar-refractivity contribution in [1.82, 2.24) is 4.98 Å². The van der Waals surface area contributed by atoms with Gasteiger partial charge in [0.2, 0.25) is 0 Å². The Morgan fingerprint density at radius 1 is 1.17 bits per heavy atom. The van der Waals surface area contributed by atoms with Gasteiger partial charge in [0.15, 0.2) is 0 Å². The van der Waals surface area contributed by atoms with Crippen LogP contribution in [0.5, 0.6) is 0 Å². The number of aryl methyl sites for hydroxylation is 2. The van der Waals surface area contributed by atoms with Gasteiger partial charge in [-0.1, -0.05) is 19.1 Å². The van der Waals surface area contributed by atoms with Crippen LogP contribution >= 0.6 is 0 Å². The summed E-state index contributed by atoms with van der Waals surface area (Å²) in [6.45, 7) is 9.17. The molecule has 0 aliphatic carbocycles. The fraction of sp³-hybridized carbons (Fsp3) is 0.368. The third-order valence-corrected chi connectivity index (χ3v) is 3.83. The molecule has 1 aromatic carbocycles. The fourth-order valence-corrected chi connectivity index (χ4v) is 2.57. The van der Waals surface area contributed by atoms with Crippen molar-refractivity contribution in [3.8, 4) is 0 Å². The van der Waals surface area contributed by atoms with Crippen LogP contribution in [0.15, 0.2) is 24.3 Å². The maximum Gasteiger partial charge on any atom is 0.340 e. The van der Waals surface area contributed by atoms with E-state index in [4.69, 9.17) is 4.74 Å². The molecule has 0 saturated heterocycles. The summed E-state index contributed by atoms with van der Waals surface area (Å²) < 4.78 is 5.24. The van der Waals surface area contributed by atoms with Crippen LogP contribution in [0, 0.1) is 13.8 Å². The standard InChI is InChI=1S/C19H24N2O3/c1-6-14-7-9-15(10-8-14)21-18(22)17-12(4)16(13(5)20-17)19(23)24-11(2)3/h7-11,20H,6H2,1-5H3,(H,21,22). The minimum Gasteiger partial charge on any atom is -0.459 e. The third kappa shape index (κ3) is 3.85. The Labute approximate surface area is 142 Å². The lowest BCUT2D eigenvalue weighted by molar-refractivity contribution is 0.0376. The molecule has 5 nitrogen and oxygen atoms in total. The van der Waals surface area contributed by atoms with Gasteiger partial charge in [0.25, 0.3) is 5.91 Å². The molecule has 0 atom stereocenters. The molecule has 0 fully saturated rings. The van der Waals surface area contributed by atoms with Crippen LogP contribution in [0.3, 0.4) is 0 Å². The zero-order chi connectivity index (χ0) is 17.9. The van der Waals surface area contributed by atoms with Crippen molar-refractivity contribution < 1.29 is 14.3 Å². The van der Waals surface area contributed by atoms with Crippen LogP contribution in [0.25, 0.3) is 0 Å². The van der Waals surface area contributed by atoms with Crippen molar-refractivity contribution >= 4 is 17.6 Å². The molecule has 1 aromatic heterocycles. The average Bonchev–Trinajstić information content (AvgIpc) is 2.82. The predicted molar refractivity (Wildman–Crippen MR) is 94.6 cm³/mol. The summed E-state index contributed by atoms with van der Waals surface area (Å²) in [6.07, 6.45) is 0.741. The van der Waals surface area contributed by atoms with E-state index in [1.165, 1.54) is 5.56 Å². The molecule has 2 aromatic rings. The summed E-state index contributed by atoms with van der Waals surface area (Å²) in [5.41, 5.74) is 3.96. The van der Waals surface area contributed by atoms with E-state index in [1.807, 2.05) is 24.3 Å². The number of ether oxygens (including phenoxy) is 1. The molecule has 1 heterocycles. The molecule has 0 saturated carbocycles. The van der Waals surface area contributed by atoms with Gasteiger partial charge < -0.3 is 15.0 Å². The molecule has 5 heteroatoms. The molecule has 1 amide bonds. The Hall–Kier alpha value is -2.56. The van der Waals surface area contributed by atoms with Crippen LogP contribution in [0.2, 0.25) is 0 Å². The van der Waals surface area contributed by atoms with Crippen molar-refractivity contribution in [2.45, 2.75) is 47.1 Å². The number of rotatable bonds is 5. The molecule has 2 rings (SSSR count). The van der Waals surface area contributed by atoms with E-state index in [0.29, 0.717) is 22.5 Å². The number of H-pyrrole nitrogens is 1. The highest BCUT2D eigenvalue weighted by Gasteiger charge is 2.23. The second-order valence-electron chi connectivity index (χ2n) is 6.08. The van der Waals surface area contributed by atoms with E-state index < -0.39 is 5.97 Å². The molecular weight excluding hydrogens is 304 g/mol. The van der Waals surface area contributed by atoms with Crippen LogP contribution in [-0.4, -0.2) is 23.0 Å². The lowest BCUT2D eigenvalue weighted by Gasteiger charge is -2.08. The van der Waals surface area contributed by atoms with Gasteiger partial charge >= 0.3 is 5.97 Å². The second kappa shape index (κ2) is 7.34. The normalized spacial score (nSPS) is 10.8. The number of esters is 1. The largest absolute Gasteiger partial charge is 0.459 e. The maximum absolute atomic E-state index is 12.5. The van der Waals surface area contributed by atoms with E-state index >= 15 is 0 Å². The van der Waals surface area contributed by atoms with Gasteiger partial charge in [-0.25, -0.2) is 4.79 Å². The van der Waals surface area contributed by atoms with Crippen molar-refractivity contribution in [1.29, 1.82) is 0 Å². The number of anilines is 1. The van der Waals surface area contributed by atoms with Gasteiger partial charge in [-0.05, 0) is 57.4 Å². The molecule has 24 heavy (non-hydrogen) atoms. The monoisotopic (exact) mass is 328 g/mol. The predicted octanol–water partition coefficient (Wildman–Crippen LogP) is 4.01. The molecular formula is C19H24N2O3. The summed E-state index contributed by atoms with van der Waals surface area (Å²) in [6, 6.07) is 7.70. The zero-order valence-electron chi connectivity index (χ0n) is 14.8. The summed E-state index contributed by atoms with van der Waals surface area (Å²) >= 11 is 0. The Balaban J connectivity index is 2.22. The van der Waals surface area contributed by atoms with Gasteiger partial charge in [0.05, 0.1) is 11.7 Å². The Morgan fingerprint density at radius 3 is 2.33 bits per heavy atom. The third-order valence-electron chi connectivity index (χ3n) is 3.83. The number of hydrogen-bond donors (Lipinski definition) is 2. The number of amides is 1. The maximum atomic E-state index is 12.5. The van der Waals surface area contributed by atoms with E-state index in [9.17, 15) is 9.59 Å². The molecule has 2 N–H and O–H groups in total. The number of carbonyl (C=O) groups excluding carboxylic acids is 2. The first-order valence-electron chi connectivity index (χ1n) is 8.13. The van der Waals surface area contributed by atoms with Gasteiger partial charge in [0, 0.05) is 11.4 Å². The molecule has 0 aliphatic rings. The van der Waals surface area contributed by atoms with Gasteiger partial charge in [-0.2, -0.15) is 0 Å². The molecule has 0 spiro atoms. The van der Waals surface area contributed by atoms with Crippen LogP contribution in [0.1, 0.15) is 58.4 Å². The summed E-state index contributed by atoms with van der Waals surface area (Å²) in [7, 11) is 0. The summed E-state index contributed by atoms with van der Waals surface area (Å²) in [5, 5.41) is 2.85. The van der Waals surface area contributed by atoms with E-state index in [-0.39, 0.29) is 12.0 Å². The van der Waals surface area contributed by atoms with E-state index in [2.05, 4.69) is 17.2 Å². The number of aromatic amines is 1. The number of carbonyl (C=O) groups is 2. The topological polar surface area (TPSA) is 71.2 Å². The summed E-state index contributed by atoms with van der Waals surface area (Å²) in [5.74, 6) is -0.689. The van der Waals surface area contributed by atoms with Gasteiger partial charge in [0.1, 0.15) is 5.69 Å². The lowest BCUT2D eigenvalue weighted by atomic mass is 10.1. The van der Waals surface area contributed by atoms with Crippen molar-refractivity contribution in [3.63, 3.8) is 0 Å². The second-order valence-corrected chi connectivity index (χ2v) is 6.08. The van der Waals surface area contributed by atoms with Crippen LogP contribution < -0.4 is 5.32 Å². The molecule has 0 aliphatic heterocycles. The Bertz CT molecular complexity index is 743. The highest BCUT2D eigenvalue weighted by molar-refractivity contribution is 6.06. The number of nitrogens with one attached hydrogen (secondary N) is 2. The average molecular weight is 328 g/mol. The summed E-state index contributed by atoms with van der Waals surface area (Å²) in [4.78, 5) is 27.7. The highest BCUT2D eigenvalue weighted by atomic mass is 16.5. The smallest absolute Gasteiger partial charge is 0.340 e. The number of hydrogen-bond acceptors (Lipinski definition) is 3. The lowest BCUT2D eigenvalue weighted by Crippen LogP contribution is -2.15. The quantitative estimate of drug-likeness (QED) is 0.815. The van der Waals surface area contributed by atoms with Crippen molar-refractivity contribution in [3.05, 3.63) is 52.3 Å². The first kappa shape index (κ1) is 17.8. The molecule has 128 valence electrons. The first-order chi connectivity index (χ1) is 11.3. The van der Waals surface area contributed by atoms with E-state index in [1.54, 1.807) is 27.7 Å². The van der Waals surface area contributed by atoms with Crippen LogP contribution in [-0.2, 0) is 11.2 Å². The van der Waals surface area contributed by atoms with Crippen molar-refractivity contribution in [2.24, 2.45) is 0 Å². The minimum atomic E-state index is -0.414. The highest BCUT2D eigenvalue weighted by Crippen LogP contribution is 2.21. The minimum absolute atomic E-state index is 0.208. The Kier molecular flexibility index (Phi) is 5.44. The van der Waals surface area contributed by atoms with Gasteiger partial charge in [-0.15, -0.1) is 0 Å². The van der Waals surface area contributed by atoms with Gasteiger partial charge in [-0.3, -0.25) is 4.79 Å². The SMILES string of the molecule is CCc1ccc(NC(=O)c2[nH]c(C)c(C(=O)OC(C)C)c2C)cc1. The fourth-order valence-electron chi connectivity index (χ4n) is 2.57.